The molecule has 0 bridgehead atoms. The second-order valence-corrected chi connectivity index (χ2v) is 8.49. The summed E-state index contributed by atoms with van der Waals surface area (Å²) >= 11 is 0. The summed E-state index contributed by atoms with van der Waals surface area (Å²) in [5.74, 6) is -0.265. The fourth-order valence-corrected chi connectivity index (χ4v) is 4.17. The van der Waals surface area contributed by atoms with Crippen LogP contribution >= 0.6 is 0 Å². The second kappa shape index (κ2) is 9.47. The van der Waals surface area contributed by atoms with Crippen LogP contribution in [0.4, 0.5) is 5.69 Å². The van der Waals surface area contributed by atoms with Gasteiger partial charge in [0, 0.05) is 49.8 Å². The summed E-state index contributed by atoms with van der Waals surface area (Å²) in [5.41, 5.74) is 1.29. The van der Waals surface area contributed by atoms with Gasteiger partial charge in [0.15, 0.2) is 0 Å². The summed E-state index contributed by atoms with van der Waals surface area (Å²) in [7, 11) is -3.57. The average Bonchev–Trinajstić information content (AvgIpc) is 2.77. The molecule has 1 aliphatic heterocycles. The van der Waals surface area contributed by atoms with Crippen molar-refractivity contribution in [3.05, 3.63) is 87.3 Å². The van der Waals surface area contributed by atoms with E-state index in [9.17, 15) is 23.3 Å². The molecule has 0 saturated carbocycles. The summed E-state index contributed by atoms with van der Waals surface area (Å²) in [4.78, 5) is 24.3. The lowest BCUT2D eigenvalue weighted by Gasteiger charge is -2.32. The highest BCUT2D eigenvalue weighted by atomic mass is 32.2. The summed E-state index contributed by atoms with van der Waals surface area (Å²) in [6.07, 6.45) is 4.41. The Morgan fingerprint density at radius 2 is 1.60 bits per heavy atom. The molecule has 3 rings (SSSR count). The highest BCUT2D eigenvalue weighted by Crippen LogP contribution is 2.15. The van der Waals surface area contributed by atoms with Gasteiger partial charge in [0.05, 0.1) is 4.92 Å². The molecule has 0 aromatic heterocycles. The molecule has 2 aromatic carbocycles. The van der Waals surface area contributed by atoms with Gasteiger partial charge in [0.2, 0.25) is 15.9 Å². The number of rotatable bonds is 6. The lowest BCUT2D eigenvalue weighted by Crippen LogP contribution is -2.49. The number of hydrogen-bond acceptors (Lipinski definition) is 5. The fourth-order valence-electron chi connectivity index (χ4n) is 2.99. The van der Waals surface area contributed by atoms with Crippen molar-refractivity contribution < 1.29 is 18.1 Å². The predicted molar refractivity (Wildman–Crippen MR) is 115 cm³/mol. The first kappa shape index (κ1) is 21.4. The number of piperazine rings is 1. The number of benzene rings is 2. The molecule has 1 amide bonds. The lowest BCUT2D eigenvalue weighted by molar-refractivity contribution is -0.384. The minimum Gasteiger partial charge on any atom is -0.337 e. The maximum absolute atomic E-state index is 12.5. The topological polar surface area (TPSA) is 101 Å². The third-order valence-electron chi connectivity index (χ3n) is 4.64. The summed E-state index contributed by atoms with van der Waals surface area (Å²) in [6.45, 7) is 0.961. The molecule has 1 aliphatic rings. The molecular formula is C21H21N3O5S. The molecule has 0 radical (unpaired) electrons. The van der Waals surface area contributed by atoms with Gasteiger partial charge in [-0.25, -0.2) is 8.42 Å². The van der Waals surface area contributed by atoms with E-state index in [0.717, 1.165) is 5.56 Å². The van der Waals surface area contributed by atoms with Gasteiger partial charge in [-0.1, -0.05) is 42.5 Å². The normalized spacial score (nSPS) is 15.7. The summed E-state index contributed by atoms with van der Waals surface area (Å²) in [6, 6.07) is 15.1. The number of amides is 1. The lowest BCUT2D eigenvalue weighted by atomic mass is 10.2. The zero-order valence-corrected chi connectivity index (χ0v) is 16.9. The van der Waals surface area contributed by atoms with Crippen LogP contribution in [0.3, 0.4) is 0 Å². The summed E-state index contributed by atoms with van der Waals surface area (Å²) in [5, 5.41) is 12.0. The van der Waals surface area contributed by atoms with Crippen molar-refractivity contribution in [2.24, 2.45) is 0 Å². The zero-order chi connectivity index (χ0) is 21.6. The Hall–Kier alpha value is -3.30. The molecule has 0 aliphatic carbocycles. The molecule has 0 spiro atoms. The van der Waals surface area contributed by atoms with E-state index in [1.807, 2.05) is 30.3 Å². The Kier molecular flexibility index (Phi) is 6.76. The number of hydrogen-bond donors (Lipinski definition) is 0. The molecule has 1 saturated heterocycles. The van der Waals surface area contributed by atoms with Gasteiger partial charge in [0.25, 0.3) is 5.69 Å². The van der Waals surface area contributed by atoms with E-state index >= 15 is 0 Å². The minimum absolute atomic E-state index is 0.0491. The van der Waals surface area contributed by atoms with Crippen LogP contribution in [-0.4, -0.2) is 54.6 Å². The first-order valence-electron chi connectivity index (χ1n) is 9.30. The third kappa shape index (κ3) is 5.62. The third-order valence-corrected chi connectivity index (χ3v) is 6.21. The van der Waals surface area contributed by atoms with Crippen molar-refractivity contribution in [3.8, 4) is 0 Å². The molecule has 2 aromatic rings. The monoisotopic (exact) mass is 427 g/mol. The molecule has 1 fully saturated rings. The van der Waals surface area contributed by atoms with Crippen LogP contribution < -0.4 is 0 Å². The SMILES string of the molecule is O=C(/C=C/c1cccc([N+](=O)[O-])c1)N1CCN(S(=O)(=O)/C=C/c2ccccc2)CC1. The molecule has 0 N–H and O–H groups in total. The van der Waals surface area contributed by atoms with Gasteiger partial charge < -0.3 is 4.90 Å². The number of nitrogens with zero attached hydrogens (tertiary/aromatic N) is 3. The van der Waals surface area contributed by atoms with Gasteiger partial charge in [-0.15, -0.1) is 0 Å². The van der Waals surface area contributed by atoms with E-state index in [2.05, 4.69) is 0 Å². The van der Waals surface area contributed by atoms with Gasteiger partial charge in [-0.3, -0.25) is 14.9 Å². The van der Waals surface area contributed by atoms with Gasteiger partial charge >= 0.3 is 0 Å². The van der Waals surface area contributed by atoms with Crippen LogP contribution in [0, 0.1) is 10.1 Å². The Balaban J connectivity index is 1.57. The summed E-state index contributed by atoms with van der Waals surface area (Å²) < 4.78 is 26.3. The predicted octanol–water partition coefficient (Wildman–Crippen LogP) is 2.75. The molecule has 1 heterocycles. The van der Waals surface area contributed by atoms with Crippen LogP contribution in [0.5, 0.6) is 0 Å². The molecular weight excluding hydrogens is 406 g/mol. The Bertz CT molecular complexity index is 1070. The van der Waals surface area contributed by atoms with Crippen molar-refractivity contribution in [2.75, 3.05) is 26.2 Å². The van der Waals surface area contributed by atoms with E-state index in [-0.39, 0.29) is 37.8 Å². The molecule has 156 valence electrons. The Morgan fingerprint density at radius 3 is 2.27 bits per heavy atom. The van der Waals surface area contributed by atoms with Crippen LogP contribution in [0.15, 0.2) is 66.1 Å². The Morgan fingerprint density at radius 1 is 0.933 bits per heavy atom. The van der Waals surface area contributed by atoms with Crippen molar-refractivity contribution in [1.82, 2.24) is 9.21 Å². The smallest absolute Gasteiger partial charge is 0.270 e. The fraction of sp³-hybridized carbons (Fsp3) is 0.190. The molecule has 9 heteroatoms. The number of carbonyl (C=O) groups excluding carboxylic acids is 1. The number of nitro groups is 1. The minimum atomic E-state index is -3.57. The number of sulfonamides is 1. The van der Waals surface area contributed by atoms with Crippen molar-refractivity contribution in [2.45, 2.75) is 0 Å². The molecule has 0 atom stereocenters. The number of nitro benzene ring substituents is 1. The second-order valence-electron chi connectivity index (χ2n) is 6.67. The number of carbonyl (C=O) groups is 1. The van der Waals surface area contributed by atoms with Crippen LogP contribution in [-0.2, 0) is 14.8 Å². The number of non-ortho nitro benzene ring substituents is 1. The van der Waals surface area contributed by atoms with E-state index < -0.39 is 14.9 Å². The van der Waals surface area contributed by atoms with Gasteiger partial charge in [0.1, 0.15) is 0 Å². The molecule has 8 nitrogen and oxygen atoms in total. The van der Waals surface area contributed by atoms with E-state index in [4.69, 9.17) is 0 Å². The highest BCUT2D eigenvalue weighted by Gasteiger charge is 2.26. The van der Waals surface area contributed by atoms with Gasteiger partial charge in [-0.05, 0) is 23.3 Å². The van der Waals surface area contributed by atoms with E-state index in [0.29, 0.717) is 5.56 Å². The Labute approximate surface area is 174 Å². The van der Waals surface area contributed by atoms with E-state index in [1.54, 1.807) is 23.1 Å². The molecule has 0 unspecified atom stereocenters. The first-order chi connectivity index (χ1) is 14.3. The van der Waals surface area contributed by atoms with Crippen LogP contribution in [0.25, 0.3) is 12.2 Å². The van der Waals surface area contributed by atoms with Crippen molar-refractivity contribution in [1.29, 1.82) is 0 Å². The molecule has 30 heavy (non-hydrogen) atoms. The van der Waals surface area contributed by atoms with Crippen molar-refractivity contribution >= 4 is 33.8 Å². The van der Waals surface area contributed by atoms with Crippen LogP contribution in [0.2, 0.25) is 0 Å². The zero-order valence-electron chi connectivity index (χ0n) is 16.1. The van der Waals surface area contributed by atoms with Crippen LogP contribution in [0.1, 0.15) is 11.1 Å². The van der Waals surface area contributed by atoms with E-state index in [1.165, 1.54) is 34.0 Å². The quantitative estimate of drug-likeness (QED) is 0.401. The maximum Gasteiger partial charge on any atom is 0.270 e. The first-order valence-corrected chi connectivity index (χ1v) is 10.8. The highest BCUT2D eigenvalue weighted by molar-refractivity contribution is 7.92. The standard InChI is InChI=1S/C21H21N3O5S/c25-21(10-9-19-7-4-8-20(17-19)24(26)27)22-12-14-23(15-13-22)30(28,29)16-11-18-5-2-1-3-6-18/h1-11,16-17H,12-15H2/b10-9+,16-11+. The van der Waals surface area contributed by atoms with Gasteiger partial charge in [-0.2, -0.15) is 4.31 Å². The largest absolute Gasteiger partial charge is 0.337 e. The average molecular weight is 427 g/mol. The van der Waals surface area contributed by atoms with Crippen molar-refractivity contribution in [3.63, 3.8) is 0 Å². The maximum atomic E-state index is 12.5.